The van der Waals surface area contributed by atoms with Crippen molar-refractivity contribution in [1.82, 2.24) is 14.5 Å². The summed E-state index contributed by atoms with van der Waals surface area (Å²) in [4.78, 5) is 30.1. The normalized spacial score (nSPS) is 17.2. The monoisotopic (exact) mass is 327 g/mol. The van der Waals surface area contributed by atoms with Crippen LogP contribution in [0.3, 0.4) is 0 Å². The highest BCUT2D eigenvalue weighted by Gasteiger charge is 2.32. The Kier molecular flexibility index (Phi) is 4.38. The highest BCUT2D eigenvalue weighted by atomic mass is 16.4. The molecule has 3 rings (SSSR count). The van der Waals surface area contributed by atoms with E-state index >= 15 is 0 Å². The number of benzene rings is 1. The highest BCUT2D eigenvalue weighted by Crippen LogP contribution is 2.31. The van der Waals surface area contributed by atoms with Crippen LogP contribution in [0.4, 0.5) is 0 Å². The van der Waals surface area contributed by atoms with Crippen molar-refractivity contribution < 1.29 is 14.7 Å². The van der Waals surface area contributed by atoms with Crippen LogP contribution in [0.15, 0.2) is 30.6 Å². The van der Waals surface area contributed by atoms with Gasteiger partial charge in [0.1, 0.15) is 5.82 Å². The molecule has 1 fully saturated rings. The minimum atomic E-state index is -0.953. The zero-order chi connectivity index (χ0) is 17.3. The van der Waals surface area contributed by atoms with E-state index in [1.54, 1.807) is 24.4 Å². The van der Waals surface area contributed by atoms with Crippen LogP contribution >= 0.6 is 0 Å². The quantitative estimate of drug-likeness (QED) is 0.935. The van der Waals surface area contributed by atoms with Crippen molar-refractivity contribution in [2.24, 2.45) is 7.05 Å². The first-order chi connectivity index (χ1) is 11.5. The van der Waals surface area contributed by atoms with E-state index in [0.717, 1.165) is 36.3 Å². The number of likely N-dealkylation sites (tertiary alicyclic amines) is 1. The van der Waals surface area contributed by atoms with Gasteiger partial charge in [0.25, 0.3) is 0 Å². The van der Waals surface area contributed by atoms with Crippen molar-refractivity contribution in [3.05, 3.63) is 53.1 Å². The molecule has 1 N–H and O–H groups in total. The molecule has 24 heavy (non-hydrogen) atoms. The van der Waals surface area contributed by atoms with E-state index in [1.165, 1.54) is 0 Å². The molecule has 1 aliphatic heterocycles. The minimum Gasteiger partial charge on any atom is -0.478 e. The Morgan fingerprint density at radius 1 is 1.38 bits per heavy atom. The summed E-state index contributed by atoms with van der Waals surface area (Å²) in [6, 6.07) is 4.93. The number of aromatic nitrogens is 2. The predicted octanol–water partition coefficient (Wildman–Crippen LogP) is 2.33. The van der Waals surface area contributed by atoms with Crippen LogP contribution in [-0.4, -0.2) is 38.0 Å². The maximum absolute atomic E-state index is 12.8. The highest BCUT2D eigenvalue weighted by molar-refractivity contribution is 5.88. The molecule has 6 nitrogen and oxygen atoms in total. The fourth-order valence-electron chi connectivity index (χ4n) is 3.32. The van der Waals surface area contributed by atoms with E-state index in [0.29, 0.717) is 0 Å². The Morgan fingerprint density at radius 2 is 2.17 bits per heavy atom. The van der Waals surface area contributed by atoms with Gasteiger partial charge in [-0.05, 0) is 43.0 Å². The average molecular weight is 327 g/mol. The molecule has 0 aliphatic carbocycles. The number of imidazole rings is 1. The van der Waals surface area contributed by atoms with Gasteiger partial charge in [0, 0.05) is 26.0 Å². The van der Waals surface area contributed by atoms with E-state index in [9.17, 15) is 9.59 Å². The first-order valence-electron chi connectivity index (χ1n) is 8.07. The standard InChI is InChI=1S/C18H21N3O3/c1-12-10-14(18(23)24)6-5-13(12)11-16(22)21-8-3-4-15(21)17-19-7-9-20(17)2/h5-7,9-10,15H,3-4,8,11H2,1-2H3,(H,23,24). The predicted molar refractivity (Wildman–Crippen MR) is 88.7 cm³/mol. The van der Waals surface area contributed by atoms with Gasteiger partial charge >= 0.3 is 5.97 Å². The number of hydrogen-bond donors (Lipinski definition) is 1. The molecule has 1 unspecified atom stereocenters. The largest absolute Gasteiger partial charge is 0.478 e. The zero-order valence-electron chi connectivity index (χ0n) is 13.9. The van der Waals surface area contributed by atoms with Crippen LogP contribution in [-0.2, 0) is 18.3 Å². The van der Waals surface area contributed by atoms with Gasteiger partial charge in [-0.2, -0.15) is 0 Å². The fraction of sp³-hybridized carbons (Fsp3) is 0.389. The molecule has 2 heterocycles. The number of carboxylic acids is 1. The van der Waals surface area contributed by atoms with Crippen molar-refractivity contribution in [2.45, 2.75) is 32.2 Å². The number of amides is 1. The SMILES string of the molecule is Cc1cc(C(=O)O)ccc1CC(=O)N1CCCC1c1nccn1C. The molecule has 126 valence electrons. The Labute approximate surface area is 140 Å². The van der Waals surface area contributed by atoms with Crippen molar-refractivity contribution >= 4 is 11.9 Å². The summed E-state index contributed by atoms with van der Waals surface area (Å²) in [5, 5.41) is 9.04. The number of rotatable bonds is 4. The maximum atomic E-state index is 12.8. The van der Waals surface area contributed by atoms with Gasteiger partial charge in [-0.15, -0.1) is 0 Å². The molecule has 1 atom stereocenters. The molecule has 1 saturated heterocycles. The minimum absolute atomic E-state index is 0.0242. The number of aryl methyl sites for hydroxylation is 2. The molecule has 0 radical (unpaired) electrons. The van der Waals surface area contributed by atoms with Crippen LogP contribution in [0.1, 0.15) is 46.2 Å². The molecule has 0 bridgehead atoms. The lowest BCUT2D eigenvalue weighted by Gasteiger charge is -2.24. The summed E-state index contributed by atoms with van der Waals surface area (Å²) in [7, 11) is 1.94. The van der Waals surface area contributed by atoms with Crippen molar-refractivity contribution in [1.29, 1.82) is 0 Å². The van der Waals surface area contributed by atoms with Crippen molar-refractivity contribution in [3.8, 4) is 0 Å². The molecule has 2 aromatic rings. The van der Waals surface area contributed by atoms with Gasteiger partial charge in [-0.25, -0.2) is 9.78 Å². The van der Waals surface area contributed by atoms with Crippen LogP contribution in [0.2, 0.25) is 0 Å². The summed E-state index contributed by atoms with van der Waals surface area (Å²) in [6.07, 6.45) is 5.83. The first-order valence-corrected chi connectivity index (χ1v) is 8.07. The lowest BCUT2D eigenvalue weighted by molar-refractivity contribution is -0.131. The molecule has 6 heteroatoms. The average Bonchev–Trinajstić information content (AvgIpc) is 3.17. The Balaban J connectivity index is 1.77. The number of carbonyl (C=O) groups excluding carboxylic acids is 1. The van der Waals surface area contributed by atoms with E-state index in [4.69, 9.17) is 5.11 Å². The van der Waals surface area contributed by atoms with Crippen LogP contribution in [0.25, 0.3) is 0 Å². The van der Waals surface area contributed by atoms with Gasteiger partial charge in [-0.1, -0.05) is 6.07 Å². The molecule has 0 spiro atoms. The summed E-state index contributed by atoms with van der Waals surface area (Å²) in [5.74, 6) is 0.0239. The molecule has 1 aromatic heterocycles. The lowest BCUT2D eigenvalue weighted by atomic mass is 10.0. The third-order valence-electron chi connectivity index (χ3n) is 4.66. The van der Waals surface area contributed by atoms with Crippen molar-refractivity contribution in [2.75, 3.05) is 6.54 Å². The molecule has 1 aromatic carbocycles. The summed E-state index contributed by atoms with van der Waals surface area (Å²) in [6.45, 7) is 2.58. The number of carbonyl (C=O) groups is 2. The summed E-state index contributed by atoms with van der Waals surface area (Å²) >= 11 is 0. The molecule has 1 amide bonds. The van der Waals surface area contributed by atoms with Gasteiger partial charge in [0.05, 0.1) is 18.0 Å². The first kappa shape index (κ1) is 16.2. The Hall–Kier alpha value is -2.63. The molecular weight excluding hydrogens is 306 g/mol. The van der Waals surface area contributed by atoms with Gasteiger partial charge in [0.2, 0.25) is 5.91 Å². The zero-order valence-corrected chi connectivity index (χ0v) is 13.9. The lowest BCUT2D eigenvalue weighted by Crippen LogP contribution is -2.33. The van der Waals surface area contributed by atoms with Crippen LogP contribution < -0.4 is 0 Å². The van der Waals surface area contributed by atoms with E-state index in [1.807, 2.05) is 29.6 Å². The number of nitrogens with zero attached hydrogens (tertiary/aromatic N) is 3. The molecule has 0 saturated carbocycles. The topological polar surface area (TPSA) is 75.4 Å². The Bertz CT molecular complexity index is 782. The Morgan fingerprint density at radius 3 is 2.79 bits per heavy atom. The second-order valence-electron chi connectivity index (χ2n) is 6.26. The fourth-order valence-corrected chi connectivity index (χ4v) is 3.32. The third kappa shape index (κ3) is 3.04. The van der Waals surface area contributed by atoms with E-state index in [-0.39, 0.29) is 23.9 Å². The van der Waals surface area contributed by atoms with Crippen molar-refractivity contribution in [3.63, 3.8) is 0 Å². The van der Waals surface area contributed by atoms with Crippen LogP contribution in [0, 0.1) is 6.92 Å². The van der Waals surface area contributed by atoms with Gasteiger partial charge in [-0.3, -0.25) is 4.79 Å². The van der Waals surface area contributed by atoms with Gasteiger partial charge in [0.15, 0.2) is 0 Å². The molecule has 1 aliphatic rings. The summed E-state index contributed by atoms with van der Waals surface area (Å²) < 4.78 is 1.96. The summed E-state index contributed by atoms with van der Waals surface area (Å²) in [5.41, 5.74) is 1.95. The van der Waals surface area contributed by atoms with Crippen LogP contribution in [0.5, 0.6) is 0 Å². The number of aromatic carboxylic acids is 1. The second kappa shape index (κ2) is 6.47. The number of hydrogen-bond acceptors (Lipinski definition) is 3. The third-order valence-corrected chi connectivity index (χ3v) is 4.66. The smallest absolute Gasteiger partial charge is 0.335 e. The van der Waals surface area contributed by atoms with E-state index in [2.05, 4.69) is 4.98 Å². The van der Waals surface area contributed by atoms with Gasteiger partial charge < -0.3 is 14.6 Å². The van der Waals surface area contributed by atoms with E-state index < -0.39 is 5.97 Å². The second-order valence-corrected chi connectivity index (χ2v) is 6.26. The molecular formula is C18H21N3O3. The number of carboxylic acid groups (broad SMARTS) is 1. The maximum Gasteiger partial charge on any atom is 0.335 e.